The number of hydrogen-bond donors (Lipinski definition) is 0. The first-order chi connectivity index (χ1) is 5.35. The maximum atomic E-state index is 2.36. The van der Waals surface area contributed by atoms with Crippen molar-refractivity contribution in [2.75, 3.05) is 0 Å². The molecule has 0 aliphatic heterocycles. The quantitative estimate of drug-likeness (QED) is 0.592. The molecule has 0 aromatic heterocycles. The van der Waals surface area contributed by atoms with Crippen molar-refractivity contribution in [3.8, 4) is 0 Å². The van der Waals surface area contributed by atoms with Gasteiger partial charge in [0.25, 0.3) is 0 Å². The van der Waals surface area contributed by atoms with Gasteiger partial charge in [0, 0.05) is 0 Å². The fourth-order valence-corrected chi connectivity index (χ4v) is 1.47. The topological polar surface area (TPSA) is 0 Å². The summed E-state index contributed by atoms with van der Waals surface area (Å²) in [6.07, 6.45) is 11.7. The van der Waals surface area contributed by atoms with Gasteiger partial charge < -0.3 is 12.8 Å². The molecule has 0 saturated heterocycles. The molecular weight excluding hydrogens is 370 g/mol. The van der Waals surface area contributed by atoms with Crippen molar-refractivity contribution in [3.05, 3.63) is 12.8 Å². The van der Waals surface area contributed by atoms with E-state index in [-0.39, 0.29) is 31.1 Å². The van der Waals surface area contributed by atoms with Gasteiger partial charge in [0.2, 0.25) is 0 Å². The third-order valence-electron chi connectivity index (χ3n) is 2.12. The molecule has 1 aliphatic carbocycles. The minimum Gasteiger partial charge on any atom is -0.335 e. The third-order valence-corrected chi connectivity index (χ3v) is 2.12. The summed E-state index contributed by atoms with van der Waals surface area (Å²) in [6, 6.07) is 0. The van der Waals surface area contributed by atoms with Crippen LogP contribution in [0.5, 0.6) is 0 Å². The smallest absolute Gasteiger partial charge is 0.335 e. The van der Waals surface area contributed by atoms with Crippen LogP contribution in [-0.4, -0.2) is 0 Å². The Morgan fingerprint density at radius 3 is 1.58 bits per heavy atom. The summed E-state index contributed by atoms with van der Waals surface area (Å²) < 4.78 is 0. The molecule has 0 spiro atoms. The number of hydrogen-bond acceptors (Lipinski definition) is 0. The van der Waals surface area contributed by atoms with Crippen LogP contribution >= 0.6 is 0 Å². The second-order valence-corrected chi connectivity index (χ2v) is 3.31. The van der Waals surface area contributed by atoms with E-state index in [1.165, 1.54) is 32.1 Å². The molecule has 0 nitrogen and oxygen atoms in total. The Bertz CT molecular complexity index is 65.4. The van der Waals surface area contributed by atoms with E-state index in [1.54, 1.807) is 0 Å². The van der Waals surface area contributed by atoms with Crippen LogP contribution in [0.4, 0.5) is 0 Å². The van der Waals surface area contributed by atoms with Gasteiger partial charge in [-0.25, -0.2) is 0 Å². The average Bonchev–Trinajstić information content (AvgIpc) is 2.08. The van der Waals surface area contributed by atoms with E-state index < -0.39 is 0 Å². The van der Waals surface area contributed by atoms with Gasteiger partial charge in [-0.1, -0.05) is 32.1 Å². The molecule has 0 atom stereocenters. The van der Waals surface area contributed by atoms with Gasteiger partial charge >= 0.3 is 31.1 Å². The molecule has 0 N–H and O–H groups in total. The predicted molar refractivity (Wildman–Crippen MR) is 52.2 cm³/mol. The molecule has 0 aromatic rings. The third kappa shape index (κ3) is 9.14. The van der Waals surface area contributed by atoms with Gasteiger partial charge in [0.1, 0.15) is 0 Å². The molecule has 0 aromatic carbocycles. The maximum absolute atomic E-state index is 2.36. The predicted octanol–water partition coefficient (Wildman–Crippen LogP) is 4.02. The van der Waals surface area contributed by atoms with E-state index in [0.29, 0.717) is 0 Å². The average molecular weight is 392 g/mol. The Balaban J connectivity index is 0. The van der Waals surface area contributed by atoms with Crippen molar-refractivity contribution in [1.29, 1.82) is 0 Å². The monoisotopic (exact) mass is 392 g/mol. The zero-order chi connectivity index (χ0) is 8.53. The van der Waals surface area contributed by atoms with Crippen LogP contribution in [0.15, 0.2) is 0 Å². The van der Waals surface area contributed by atoms with E-state index >= 15 is 0 Å². The van der Waals surface area contributed by atoms with Crippen LogP contribution in [-0.2, 0) is 0 Å². The van der Waals surface area contributed by atoms with Crippen LogP contribution in [0, 0.1) is 49.9 Å². The van der Waals surface area contributed by atoms with Gasteiger partial charge in [0.05, 0.1) is 0 Å². The molecule has 12 heavy (non-hydrogen) atoms. The van der Waals surface area contributed by atoms with Gasteiger partial charge in [0.15, 0.2) is 0 Å². The summed E-state index contributed by atoms with van der Waals surface area (Å²) in [6.45, 7) is 6.19. The van der Waals surface area contributed by atoms with Gasteiger partial charge in [-0.15, -0.1) is 0 Å². The molecule has 1 heteroatoms. The normalized spacial score (nSPS) is 17.2. The van der Waals surface area contributed by atoms with Crippen molar-refractivity contribution >= 4 is 0 Å². The molecule has 0 unspecified atom stereocenters. The first-order valence-electron chi connectivity index (χ1n) is 4.88. The SMILES string of the molecule is C[CH-]C.C[CH-]C1CCCCC1.[U+2]. The molecule has 0 heterocycles. The van der Waals surface area contributed by atoms with Crippen molar-refractivity contribution < 1.29 is 31.1 Å². The molecule has 1 aliphatic rings. The van der Waals surface area contributed by atoms with Gasteiger partial charge in [-0.05, 0) is 0 Å². The van der Waals surface area contributed by atoms with Crippen molar-refractivity contribution in [2.45, 2.75) is 52.9 Å². The van der Waals surface area contributed by atoms with Crippen molar-refractivity contribution in [1.82, 2.24) is 0 Å². The van der Waals surface area contributed by atoms with Gasteiger partial charge in [-0.3, -0.25) is 0 Å². The largest absolute Gasteiger partial charge is 2.00 e. The van der Waals surface area contributed by atoms with E-state index in [9.17, 15) is 0 Å². The van der Waals surface area contributed by atoms with Crippen molar-refractivity contribution in [3.63, 3.8) is 0 Å². The fourth-order valence-electron chi connectivity index (χ4n) is 1.47. The minimum absolute atomic E-state index is 0. The summed E-state index contributed by atoms with van der Waals surface area (Å²) in [7, 11) is 0. The molecule has 70 valence electrons. The Labute approximate surface area is 102 Å². The number of rotatable bonds is 1. The molecule has 1 fully saturated rings. The zero-order valence-corrected chi connectivity index (χ0v) is 12.9. The first kappa shape index (κ1) is 15.5. The van der Waals surface area contributed by atoms with Crippen molar-refractivity contribution in [2.24, 2.45) is 5.92 Å². The summed E-state index contributed by atoms with van der Waals surface area (Å²) in [5.41, 5.74) is 0. The second-order valence-electron chi connectivity index (χ2n) is 3.31. The molecular formula is C11H22U. The standard InChI is InChI=1S/C8H15.C3H7.U/c1-2-8-6-4-3-5-7-8;1-3-2;/h2,8H,3-7H2,1H3;3H,1-2H3;/q2*-1;+2. The van der Waals surface area contributed by atoms with Crippen LogP contribution in [0.3, 0.4) is 0 Å². The Morgan fingerprint density at radius 1 is 0.917 bits per heavy atom. The summed E-state index contributed by atoms with van der Waals surface area (Å²) in [5.74, 6) is 0.962. The Kier molecular flexibility index (Phi) is 15.6. The first-order valence-corrected chi connectivity index (χ1v) is 4.88. The van der Waals surface area contributed by atoms with Gasteiger partial charge in [-0.2, -0.15) is 26.7 Å². The molecule has 1 rings (SSSR count). The van der Waals surface area contributed by atoms with Crippen LogP contribution in [0.2, 0.25) is 0 Å². The Morgan fingerprint density at radius 2 is 1.33 bits per heavy atom. The summed E-state index contributed by atoms with van der Waals surface area (Å²) >= 11 is 0. The molecule has 1 saturated carbocycles. The van der Waals surface area contributed by atoms with E-state index in [0.717, 1.165) is 5.92 Å². The summed E-state index contributed by atoms with van der Waals surface area (Å²) in [4.78, 5) is 0. The van der Waals surface area contributed by atoms with E-state index in [4.69, 9.17) is 0 Å². The van der Waals surface area contributed by atoms with E-state index in [1.807, 2.05) is 20.3 Å². The maximum Gasteiger partial charge on any atom is 2.00 e. The Hall–Kier alpha value is 1.05. The summed E-state index contributed by atoms with van der Waals surface area (Å²) in [5, 5.41) is 0. The second kappa shape index (κ2) is 12.1. The van der Waals surface area contributed by atoms with E-state index in [2.05, 4.69) is 13.3 Å². The molecule has 0 amide bonds. The molecule has 0 radical (unpaired) electrons. The van der Waals surface area contributed by atoms with Crippen LogP contribution in [0.1, 0.15) is 52.9 Å². The minimum atomic E-state index is 0. The van der Waals surface area contributed by atoms with Crippen LogP contribution < -0.4 is 0 Å². The fraction of sp³-hybridized carbons (Fsp3) is 0.818. The molecule has 0 bridgehead atoms. The van der Waals surface area contributed by atoms with Crippen LogP contribution in [0.25, 0.3) is 0 Å². The zero-order valence-electron chi connectivity index (χ0n) is 8.77.